The molecule has 0 aromatic heterocycles. The van der Waals surface area contributed by atoms with Crippen molar-refractivity contribution >= 4 is 22.6 Å². The minimum atomic E-state index is -0.125. The maximum atomic E-state index is 10.2. The second kappa shape index (κ2) is 18.9. The van der Waals surface area contributed by atoms with Gasteiger partial charge in [0, 0.05) is 0 Å². The predicted molar refractivity (Wildman–Crippen MR) is 20.5 cm³/mol. The molecule has 4 heteroatoms. The summed E-state index contributed by atoms with van der Waals surface area (Å²) in [5.41, 5.74) is 0. The van der Waals surface area contributed by atoms with Crippen LogP contribution in [-0.2, 0) is 18.8 Å². The van der Waals surface area contributed by atoms with Crippen molar-refractivity contribution in [1.29, 1.82) is 0 Å². The first kappa shape index (κ1) is 9.51. The molecule has 0 aromatic carbocycles. The van der Waals surface area contributed by atoms with E-state index in [0.29, 0.717) is 4.68 Å². The van der Waals surface area contributed by atoms with Crippen LogP contribution in [0.5, 0.6) is 0 Å². The second-order valence-corrected chi connectivity index (χ2v) is 0.553. The Morgan fingerprint density at radius 3 is 1.60 bits per heavy atom. The Morgan fingerprint density at radius 2 is 1.60 bits per heavy atom. The van der Waals surface area contributed by atoms with Gasteiger partial charge in [0.2, 0.25) is 0 Å². The molecule has 0 aromatic rings. The van der Waals surface area contributed by atoms with Crippen molar-refractivity contribution in [2.75, 3.05) is 0 Å². The van der Waals surface area contributed by atoms with E-state index in [0.717, 1.165) is 0 Å². The van der Waals surface area contributed by atoms with E-state index >= 15 is 0 Å². The molecule has 0 aliphatic rings. The van der Waals surface area contributed by atoms with E-state index in [4.69, 9.17) is 0 Å². The minimum absolute atomic E-state index is 0.125. The second-order valence-electron chi connectivity index (χ2n) is 0.0825. The van der Waals surface area contributed by atoms with Crippen LogP contribution in [-0.4, -0.2) is 0 Å². The number of hydrogen-bond acceptors (Lipinski definition) is 0. The molecule has 28 valence electrons. The number of rotatable bonds is 0. The quantitative estimate of drug-likeness (QED) is 0.346. The predicted octanol–water partition coefficient (Wildman–Crippen LogP) is 1.93. The molecule has 0 heterocycles. The molecule has 0 N–H and O–H groups in total. The molecule has 0 radical (unpaired) electrons. The summed E-state index contributed by atoms with van der Waals surface area (Å²) in [7, 11) is 0. The van der Waals surface area contributed by atoms with Crippen LogP contribution in [0.4, 0.5) is 7.71 Å². The fourth-order valence-electron chi connectivity index (χ4n) is 0. The van der Waals surface area contributed by atoms with E-state index in [1.807, 2.05) is 0 Å². The zero-order valence-corrected chi connectivity index (χ0v) is 7.54. The molecule has 0 amide bonds. The monoisotopic (exact) mass is 242 g/mol. The summed E-state index contributed by atoms with van der Waals surface area (Å²) in [4.78, 5) is 0. The van der Waals surface area contributed by atoms with Gasteiger partial charge in [-0.2, -0.15) is 0 Å². The summed E-state index contributed by atoms with van der Waals surface area (Å²) in [5, 5.41) is 0. The van der Waals surface area contributed by atoms with Crippen LogP contribution >= 0.6 is 22.6 Å². The van der Waals surface area contributed by atoms with Gasteiger partial charge in [0.05, 0.1) is 0 Å². The van der Waals surface area contributed by atoms with Gasteiger partial charge in [-0.05, 0) is 0 Å². The maximum absolute atomic E-state index is 10.2. The van der Waals surface area contributed by atoms with Gasteiger partial charge in [0.25, 0.3) is 0 Å². The molecule has 0 aliphatic carbocycles. The van der Waals surface area contributed by atoms with E-state index in [9.17, 15) is 7.71 Å². The van der Waals surface area contributed by atoms with Crippen LogP contribution < -0.4 is 0 Å². The van der Waals surface area contributed by atoms with E-state index in [-0.39, 0.29) is 18.8 Å². The Kier molecular flexibility index (Phi) is 35.9. The summed E-state index contributed by atoms with van der Waals surface area (Å²) >= 11 is 1.37. The molecule has 0 unspecified atom stereocenters. The Bertz CT molecular complexity index is 9.61. The first-order chi connectivity index (χ1) is 2.41. The standard InChI is InChI=1S/CHFI.FH.Zn/c2-1-3;;/h1H;1H;/q-1;;+2/p-1. The third kappa shape index (κ3) is 36.6. The number of halogens is 3. The van der Waals surface area contributed by atoms with Gasteiger partial charge in [0.1, 0.15) is 0 Å². The van der Waals surface area contributed by atoms with Gasteiger partial charge < -0.3 is 4.39 Å². The summed E-state index contributed by atoms with van der Waals surface area (Å²) in [6.45, 7) is 0. The third-order valence-corrected chi connectivity index (χ3v) is 0. The van der Waals surface area contributed by atoms with Gasteiger partial charge in [-0.3, -0.25) is 22.6 Å². The average molecular weight is 243 g/mol. The summed E-state index contributed by atoms with van der Waals surface area (Å²) in [6, 6.07) is 0. The molecule has 0 spiro atoms. The topological polar surface area (TPSA) is 0 Å². The van der Waals surface area contributed by atoms with Crippen molar-refractivity contribution in [2.24, 2.45) is 0 Å². The fourth-order valence-corrected chi connectivity index (χ4v) is 0. The first-order valence-electron chi connectivity index (χ1n) is 0.704. The van der Waals surface area contributed by atoms with Crippen molar-refractivity contribution in [3.63, 3.8) is 0 Å². The molecule has 0 rings (SSSR count). The fraction of sp³-hybridized carbons (Fsp3) is 0. The molecule has 0 saturated carbocycles. The van der Waals surface area contributed by atoms with Crippen LogP contribution in [0, 0.1) is 4.68 Å². The summed E-state index contributed by atoms with van der Waals surface area (Å²) < 4.78 is 20.2. The first-order valence-corrected chi connectivity index (χ1v) is 3.07. The van der Waals surface area contributed by atoms with Gasteiger partial charge in [0.15, 0.2) is 0 Å². The van der Waals surface area contributed by atoms with Crippen LogP contribution in [0.1, 0.15) is 0 Å². The molecule has 0 saturated heterocycles. The Labute approximate surface area is 53.7 Å². The zero-order chi connectivity index (χ0) is 4.71. The zero-order valence-electron chi connectivity index (χ0n) is 2.42. The van der Waals surface area contributed by atoms with E-state index in [1.54, 1.807) is 0 Å². The Hall–Kier alpha value is 1.21. The molecular weight excluding hydrogens is 242 g/mol. The van der Waals surface area contributed by atoms with E-state index < -0.39 is 0 Å². The normalized spacial score (nSPS) is 5.00. The Balaban J connectivity index is 0. The molecule has 0 aliphatic heterocycles. The molecule has 0 bridgehead atoms. The summed E-state index contributed by atoms with van der Waals surface area (Å²) in [5.74, 6) is 0. The molecular formula is CHF2IZn. The Morgan fingerprint density at radius 1 is 1.60 bits per heavy atom. The van der Waals surface area contributed by atoms with Crippen LogP contribution in [0.25, 0.3) is 0 Å². The van der Waals surface area contributed by atoms with Crippen molar-refractivity contribution in [3.8, 4) is 0 Å². The van der Waals surface area contributed by atoms with Crippen molar-refractivity contribution in [3.05, 3.63) is 4.68 Å². The SMILES string of the molecule is F[CH-]I.[F][Zn+]. The average Bonchev–Trinajstić information content (AvgIpc) is 1.46. The molecule has 0 fully saturated rings. The van der Waals surface area contributed by atoms with Gasteiger partial charge in [-0.15, -0.1) is 4.68 Å². The van der Waals surface area contributed by atoms with Crippen LogP contribution in [0.2, 0.25) is 0 Å². The van der Waals surface area contributed by atoms with Crippen LogP contribution in [0.15, 0.2) is 0 Å². The molecule has 0 atom stereocenters. The van der Waals surface area contributed by atoms with Gasteiger partial charge in [-0.25, -0.2) is 0 Å². The molecule has 5 heavy (non-hydrogen) atoms. The number of hydrogen-bond donors (Lipinski definition) is 0. The van der Waals surface area contributed by atoms with E-state index in [2.05, 4.69) is 0 Å². The van der Waals surface area contributed by atoms with Crippen molar-refractivity contribution in [2.45, 2.75) is 0 Å². The molecule has 0 nitrogen and oxygen atoms in total. The van der Waals surface area contributed by atoms with E-state index in [1.165, 1.54) is 22.6 Å². The third-order valence-electron chi connectivity index (χ3n) is 0. The van der Waals surface area contributed by atoms with Crippen LogP contribution in [0.3, 0.4) is 0 Å². The van der Waals surface area contributed by atoms with Gasteiger partial charge >= 0.3 is 22.1 Å². The summed E-state index contributed by atoms with van der Waals surface area (Å²) in [6.07, 6.45) is 0. The van der Waals surface area contributed by atoms with Crippen molar-refractivity contribution in [1.82, 2.24) is 0 Å². The van der Waals surface area contributed by atoms with Gasteiger partial charge in [-0.1, -0.05) is 0 Å². The van der Waals surface area contributed by atoms with Crippen molar-refractivity contribution < 1.29 is 26.5 Å².